The van der Waals surface area contributed by atoms with Crippen LogP contribution < -0.4 is 10.2 Å². The van der Waals surface area contributed by atoms with Crippen molar-refractivity contribution in [2.24, 2.45) is 5.92 Å². The maximum absolute atomic E-state index is 4.93. The Morgan fingerprint density at radius 1 is 1.20 bits per heavy atom. The normalized spacial score (nSPS) is 16.4. The predicted molar refractivity (Wildman–Crippen MR) is 92.3 cm³/mol. The standard InChI is InChI=1S/C15H27N3S2/c1-11(2)9-16-10-13-14(12(3)4)17-15(20-13)18-5-7-19-8-6-18/h11-12,16H,5-10H2,1-4H3. The molecule has 1 aliphatic heterocycles. The van der Waals surface area contributed by atoms with Gasteiger partial charge < -0.3 is 10.2 Å². The lowest BCUT2D eigenvalue weighted by molar-refractivity contribution is 0.552. The fraction of sp³-hybridized carbons (Fsp3) is 0.800. The number of hydrogen-bond donors (Lipinski definition) is 1. The number of thioether (sulfide) groups is 1. The molecule has 1 saturated heterocycles. The van der Waals surface area contributed by atoms with Crippen molar-refractivity contribution in [3.05, 3.63) is 10.6 Å². The number of nitrogens with one attached hydrogen (secondary N) is 1. The van der Waals surface area contributed by atoms with Crippen molar-refractivity contribution in [3.8, 4) is 0 Å². The monoisotopic (exact) mass is 313 g/mol. The largest absolute Gasteiger partial charge is 0.346 e. The molecule has 0 unspecified atom stereocenters. The van der Waals surface area contributed by atoms with Crippen molar-refractivity contribution in [1.29, 1.82) is 0 Å². The summed E-state index contributed by atoms with van der Waals surface area (Å²) < 4.78 is 0. The van der Waals surface area contributed by atoms with Gasteiger partial charge in [-0.2, -0.15) is 11.8 Å². The molecule has 2 rings (SSSR count). The van der Waals surface area contributed by atoms with Gasteiger partial charge in [0.2, 0.25) is 0 Å². The summed E-state index contributed by atoms with van der Waals surface area (Å²) in [5, 5.41) is 4.79. The second kappa shape index (κ2) is 7.66. The summed E-state index contributed by atoms with van der Waals surface area (Å²) in [5.41, 5.74) is 1.29. The molecule has 1 aliphatic rings. The number of anilines is 1. The molecule has 5 heteroatoms. The predicted octanol–water partition coefficient (Wildman–Crippen LogP) is 3.57. The highest BCUT2D eigenvalue weighted by Gasteiger charge is 2.19. The number of hydrogen-bond acceptors (Lipinski definition) is 5. The molecule has 1 N–H and O–H groups in total. The summed E-state index contributed by atoms with van der Waals surface area (Å²) in [5.74, 6) is 3.67. The van der Waals surface area contributed by atoms with Crippen LogP contribution in [0.1, 0.15) is 44.2 Å². The Kier molecular flexibility index (Phi) is 6.18. The van der Waals surface area contributed by atoms with E-state index in [2.05, 4.69) is 49.7 Å². The smallest absolute Gasteiger partial charge is 0.185 e. The molecule has 1 fully saturated rings. The molecule has 20 heavy (non-hydrogen) atoms. The quantitative estimate of drug-likeness (QED) is 0.869. The molecule has 1 aromatic heterocycles. The van der Waals surface area contributed by atoms with E-state index in [1.54, 1.807) is 0 Å². The van der Waals surface area contributed by atoms with Gasteiger partial charge >= 0.3 is 0 Å². The van der Waals surface area contributed by atoms with Gasteiger partial charge in [-0.1, -0.05) is 27.7 Å². The van der Waals surface area contributed by atoms with E-state index < -0.39 is 0 Å². The van der Waals surface area contributed by atoms with Gasteiger partial charge in [0.25, 0.3) is 0 Å². The van der Waals surface area contributed by atoms with Crippen LogP contribution in [0.5, 0.6) is 0 Å². The molecular weight excluding hydrogens is 286 g/mol. The molecule has 114 valence electrons. The Balaban J connectivity index is 2.06. The number of aromatic nitrogens is 1. The van der Waals surface area contributed by atoms with E-state index in [1.165, 1.54) is 27.2 Å². The van der Waals surface area contributed by atoms with E-state index in [0.29, 0.717) is 11.8 Å². The Morgan fingerprint density at radius 3 is 2.50 bits per heavy atom. The van der Waals surface area contributed by atoms with Crippen LogP contribution in [0.3, 0.4) is 0 Å². The van der Waals surface area contributed by atoms with E-state index in [0.717, 1.165) is 26.2 Å². The van der Waals surface area contributed by atoms with E-state index in [4.69, 9.17) is 4.98 Å². The molecule has 0 bridgehead atoms. The fourth-order valence-corrected chi connectivity index (χ4v) is 4.43. The molecule has 0 aliphatic carbocycles. The van der Waals surface area contributed by atoms with Gasteiger partial charge in [0, 0.05) is 36.0 Å². The average Bonchev–Trinajstić information content (AvgIpc) is 2.84. The molecule has 0 radical (unpaired) electrons. The third-order valence-electron chi connectivity index (χ3n) is 3.38. The number of nitrogens with zero attached hydrogens (tertiary/aromatic N) is 2. The van der Waals surface area contributed by atoms with Gasteiger partial charge in [0.1, 0.15) is 0 Å². The van der Waals surface area contributed by atoms with Crippen molar-refractivity contribution in [2.75, 3.05) is 36.0 Å². The summed E-state index contributed by atoms with van der Waals surface area (Å²) >= 11 is 3.94. The zero-order chi connectivity index (χ0) is 14.5. The minimum Gasteiger partial charge on any atom is -0.346 e. The lowest BCUT2D eigenvalue weighted by atomic mass is 10.1. The summed E-state index contributed by atoms with van der Waals surface area (Å²) in [6.07, 6.45) is 0. The molecule has 0 atom stereocenters. The molecule has 1 aromatic rings. The maximum Gasteiger partial charge on any atom is 0.185 e. The van der Waals surface area contributed by atoms with Gasteiger partial charge in [-0.3, -0.25) is 0 Å². The SMILES string of the molecule is CC(C)CNCc1sc(N2CCSCC2)nc1C(C)C. The molecule has 0 amide bonds. The first-order valence-corrected chi connectivity index (χ1v) is 9.58. The van der Waals surface area contributed by atoms with Crippen molar-refractivity contribution in [3.63, 3.8) is 0 Å². The molecule has 0 aromatic carbocycles. The van der Waals surface area contributed by atoms with Gasteiger partial charge in [0.15, 0.2) is 5.13 Å². The second-order valence-corrected chi connectivity index (χ2v) is 8.37. The summed E-state index contributed by atoms with van der Waals surface area (Å²) in [4.78, 5) is 8.81. The van der Waals surface area contributed by atoms with Crippen molar-refractivity contribution < 1.29 is 0 Å². The minimum atomic E-state index is 0.509. The zero-order valence-electron chi connectivity index (χ0n) is 13.1. The van der Waals surface area contributed by atoms with Gasteiger partial charge in [0.05, 0.1) is 5.69 Å². The van der Waals surface area contributed by atoms with Gasteiger partial charge in [-0.05, 0) is 18.4 Å². The summed E-state index contributed by atoms with van der Waals surface area (Å²) in [7, 11) is 0. The molecular formula is C15H27N3S2. The van der Waals surface area contributed by atoms with Crippen LogP contribution in [-0.2, 0) is 6.54 Å². The minimum absolute atomic E-state index is 0.509. The van der Waals surface area contributed by atoms with Gasteiger partial charge in [-0.15, -0.1) is 11.3 Å². The Labute approximate surface area is 131 Å². The first-order chi connectivity index (χ1) is 9.58. The van der Waals surface area contributed by atoms with E-state index in [1.807, 2.05) is 11.3 Å². The van der Waals surface area contributed by atoms with Crippen LogP contribution in [0.25, 0.3) is 0 Å². The Bertz CT molecular complexity index is 409. The number of thiazole rings is 1. The third kappa shape index (κ3) is 4.37. The topological polar surface area (TPSA) is 28.2 Å². The van der Waals surface area contributed by atoms with Crippen LogP contribution >= 0.6 is 23.1 Å². The fourth-order valence-electron chi connectivity index (χ4n) is 2.29. The van der Waals surface area contributed by atoms with Gasteiger partial charge in [-0.25, -0.2) is 4.98 Å². The van der Waals surface area contributed by atoms with Crippen molar-refractivity contribution in [2.45, 2.75) is 40.2 Å². The highest BCUT2D eigenvalue weighted by atomic mass is 32.2. The molecule has 2 heterocycles. The highest BCUT2D eigenvalue weighted by Crippen LogP contribution is 2.31. The first-order valence-electron chi connectivity index (χ1n) is 7.61. The Morgan fingerprint density at radius 2 is 1.90 bits per heavy atom. The Hall–Kier alpha value is -0.260. The van der Waals surface area contributed by atoms with E-state index >= 15 is 0 Å². The van der Waals surface area contributed by atoms with Crippen molar-refractivity contribution in [1.82, 2.24) is 10.3 Å². The van der Waals surface area contributed by atoms with E-state index in [-0.39, 0.29) is 0 Å². The number of rotatable bonds is 6. The summed E-state index contributed by atoms with van der Waals surface area (Å²) in [6, 6.07) is 0. The van der Waals surface area contributed by atoms with Crippen LogP contribution in [0.2, 0.25) is 0 Å². The van der Waals surface area contributed by atoms with Crippen LogP contribution in [0.4, 0.5) is 5.13 Å². The third-order valence-corrected chi connectivity index (χ3v) is 5.46. The lowest BCUT2D eigenvalue weighted by Gasteiger charge is -2.25. The average molecular weight is 314 g/mol. The zero-order valence-corrected chi connectivity index (χ0v) is 14.7. The molecule has 0 saturated carbocycles. The molecule has 0 spiro atoms. The second-order valence-electron chi connectivity index (χ2n) is 6.08. The van der Waals surface area contributed by atoms with Crippen molar-refractivity contribution >= 4 is 28.2 Å². The van der Waals surface area contributed by atoms with E-state index in [9.17, 15) is 0 Å². The summed E-state index contributed by atoms with van der Waals surface area (Å²) in [6.45, 7) is 13.3. The molecule has 3 nitrogen and oxygen atoms in total. The van der Waals surface area contributed by atoms with Crippen LogP contribution in [0, 0.1) is 5.92 Å². The van der Waals surface area contributed by atoms with Crippen LogP contribution in [-0.4, -0.2) is 36.1 Å². The van der Waals surface area contributed by atoms with Crippen LogP contribution in [0.15, 0.2) is 0 Å². The maximum atomic E-state index is 4.93. The first kappa shape index (κ1) is 16.1. The lowest BCUT2D eigenvalue weighted by Crippen LogP contribution is -2.32. The highest BCUT2D eigenvalue weighted by molar-refractivity contribution is 7.99.